The quantitative estimate of drug-likeness (QED) is 0.878. The Kier molecular flexibility index (Phi) is 5.07. The van der Waals surface area contributed by atoms with E-state index in [0.29, 0.717) is 18.0 Å². The Morgan fingerprint density at radius 2 is 1.90 bits per heavy atom. The van der Waals surface area contributed by atoms with Gasteiger partial charge in [0, 0.05) is 13.1 Å². The van der Waals surface area contributed by atoms with Crippen molar-refractivity contribution in [3.63, 3.8) is 0 Å². The summed E-state index contributed by atoms with van der Waals surface area (Å²) in [5.41, 5.74) is 7.61. The van der Waals surface area contributed by atoms with Crippen molar-refractivity contribution in [2.24, 2.45) is 11.1 Å². The molecule has 0 bridgehead atoms. The fourth-order valence-electron chi connectivity index (χ4n) is 3.00. The van der Waals surface area contributed by atoms with Gasteiger partial charge in [-0.05, 0) is 48.4 Å². The summed E-state index contributed by atoms with van der Waals surface area (Å²) in [7, 11) is -3.44. The fraction of sp³-hybridized carbons (Fsp3) is 0.625. The molecule has 2 rings (SSSR count). The van der Waals surface area contributed by atoms with Gasteiger partial charge in [0.05, 0.1) is 4.90 Å². The molecule has 0 spiro atoms. The first-order valence-electron chi connectivity index (χ1n) is 7.66. The molecule has 0 heterocycles. The Labute approximate surface area is 128 Å². The number of benzene rings is 1. The molecule has 21 heavy (non-hydrogen) atoms. The lowest BCUT2D eigenvalue weighted by atomic mass is 9.76. The van der Waals surface area contributed by atoms with E-state index in [9.17, 15) is 8.42 Å². The molecule has 1 aliphatic rings. The van der Waals surface area contributed by atoms with Crippen molar-refractivity contribution in [1.82, 2.24) is 4.72 Å². The first-order valence-corrected chi connectivity index (χ1v) is 9.14. The SMILES string of the molecule is Cc1cc(S(=O)(=O)NCC2(C)CCCCC2)ccc1CN. The predicted octanol–water partition coefficient (Wildman–Crippen LogP) is 2.70. The number of aryl methyl sites for hydroxylation is 1. The van der Waals surface area contributed by atoms with Crippen LogP contribution in [0.2, 0.25) is 0 Å². The van der Waals surface area contributed by atoms with E-state index < -0.39 is 10.0 Å². The van der Waals surface area contributed by atoms with Crippen molar-refractivity contribution < 1.29 is 8.42 Å². The van der Waals surface area contributed by atoms with Crippen LogP contribution in [0.5, 0.6) is 0 Å². The minimum Gasteiger partial charge on any atom is -0.326 e. The summed E-state index contributed by atoms with van der Waals surface area (Å²) < 4.78 is 27.6. The van der Waals surface area contributed by atoms with E-state index in [4.69, 9.17) is 5.73 Å². The van der Waals surface area contributed by atoms with Crippen LogP contribution in [0, 0.1) is 12.3 Å². The van der Waals surface area contributed by atoms with Crippen LogP contribution in [0.15, 0.2) is 23.1 Å². The van der Waals surface area contributed by atoms with Crippen LogP contribution in [0.4, 0.5) is 0 Å². The van der Waals surface area contributed by atoms with Gasteiger partial charge in [0.2, 0.25) is 10.0 Å². The largest absolute Gasteiger partial charge is 0.326 e. The lowest BCUT2D eigenvalue weighted by Crippen LogP contribution is -2.37. The zero-order valence-electron chi connectivity index (χ0n) is 13.0. The number of nitrogens with one attached hydrogen (secondary N) is 1. The summed E-state index contributed by atoms with van der Waals surface area (Å²) in [6.07, 6.45) is 5.86. The van der Waals surface area contributed by atoms with E-state index in [1.807, 2.05) is 6.92 Å². The highest BCUT2D eigenvalue weighted by atomic mass is 32.2. The van der Waals surface area contributed by atoms with Crippen LogP contribution in [0.25, 0.3) is 0 Å². The van der Waals surface area contributed by atoms with Gasteiger partial charge in [-0.25, -0.2) is 13.1 Å². The van der Waals surface area contributed by atoms with E-state index in [0.717, 1.165) is 24.0 Å². The van der Waals surface area contributed by atoms with Gasteiger partial charge >= 0.3 is 0 Å². The summed E-state index contributed by atoms with van der Waals surface area (Å²) >= 11 is 0. The molecule has 1 saturated carbocycles. The predicted molar refractivity (Wildman–Crippen MR) is 85.5 cm³/mol. The molecule has 118 valence electrons. The van der Waals surface area contributed by atoms with Crippen molar-refractivity contribution in [3.05, 3.63) is 29.3 Å². The van der Waals surface area contributed by atoms with Gasteiger partial charge in [0.25, 0.3) is 0 Å². The van der Waals surface area contributed by atoms with Gasteiger partial charge in [0.1, 0.15) is 0 Å². The fourth-order valence-corrected chi connectivity index (χ4v) is 4.28. The maximum Gasteiger partial charge on any atom is 0.240 e. The number of nitrogens with two attached hydrogens (primary N) is 1. The van der Waals surface area contributed by atoms with E-state index in [1.54, 1.807) is 18.2 Å². The normalized spacial score (nSPS) is 18.6. The van der Waals surface area contributed by atoms with Gasteiger partial charge in [-0.15, -0.1) is 0 Å². The smallest absolute Gasteiger partial charge is 0.240 e. The van der Waals surface area contributed by atoms with Crippen LogP contribution >= 0.6 is 0 Å². The van der Waals surface area contributed by atoms with Crippen molar-refractivity contribution in [1.29, 1.82) is 0 Å². The lowest BCUT2D eigenvalue weighted by molar-refractivity contribution is 0.219. The second-order valence-electron chi connectivity index (χ2n) is 6.49. The van der Waals surface area contributed by atoms with Gasteiger partial charge in [-0.1, -0.05) is 32.3 Å². The third-order valence-corrected chi connectivity index (χ3v) is 5.99. The minimum absolute atomic E-state index is 0.0948. The molecule has 1 aliphatic carbocycles. The third kappa shape index (κ3) is 4.05. The van der Waals surface area contributed by atoms with Gasteiger partial charge in [0.15, 0.2) is 0 Å². The van der Waals surface area contributed by atoms with Crippen molar-refractivity contribution >= 4 is 10.0 Å². The first kappa shape index (κ1) is 16.5. The molecule has 1 aromatic rings. The molecule has 0 aromatic heterocycles. The molecule has 0 aliphatic heterocycles. The molecule has 0 atom stereocenters. The van der Waals surface area contributed by atoms with Gasteiger partial charge < -0.3 is 5.73 Å². The van der Waals surface area contributed by atoms with Crippen molar-refractivity contribution in [3.8, 4) is 0 Å². The molecule has 0 radical (unpaired) electrons. The third-order valence-electron chi connectivity index (χ3n) is 4.59. The Morgan fingerprint density at radius 1 is 1.24 bits per heavy atom. The Balaban J connectivity index is 2.09. The molecular weight excluding hydrogens is 284 g/mol. The summed E-state index contributed by atoms with van der Waals surface area (Å²) in [4.78, 5) is 0.330. The van der Waals surface area contributed by atoms with E-state index >= 15 is 0 Å². The molecule has 0 saturated heterocycles. The highest BCUT2D eigenvalue weighted by Gasteiger charge is 2.28. The number of hydrogen-bond donors (Lipinski definition) is 2. The topological polar surface area (TPSA) is 72.2 Å². The van der Waals surface area contributed by atoms with E-state index in [2.05, 4.69) is 11.6 Å². The van der Waals surface area contributed by atoms with Gasteiger partial charge in [-0.2, -0.15) is 0 Å². The molecule has 3 N–H and O–H groups in total. The standard InChI is InChI=1S/C16H26N2O2S/c1-13-10-15(7-6-14(13)11-17)21(19,20)18-12-16(2)8-4-3-5-9-16/h6-7,10,18H,3-5,8-9,11-12,17H2,1-2H3. The number of hydrogen-bond acceptors (Lipinski definition) is 3. The number of rotatable bonds is 5. The summed E-state index contributed by atoms with van der Waals surface area (Å²) in [6, 6.07) is 5.14. The summed E-state index contributed by atoms with van der Waals surface area (Å²) in [5, 5.41) is 0. The van der Waals surface area contributed by atoms with Gasteiger partial charge in [-0.3, -0.25) is 0 Å². The Morgan fingerprint density at radius 3 is 2.48 bits per heavy atom. The summed E-state index contributed by atoms with van der Waals surface area (Å²) in [6.45, 7) is 5.02. The zero-order valence-corrected chi connectivity index (χ0v) is 13.8. The molecular formula is C16H26N2O2S. The molecule has 5 heteroatoms. The summed E-state index contributed by atoms with van der Waals surface area (Å²) in [5.74, 6) is 0. The van der Waals surface area contributed by atoms with Crippen LogP contribution in [0.3, 0.4) is 0 Å². The van der Waals surface area contributed by atoms with Crippen LogP contribution in [-0.2, 0) is 16.6 Å². The number of sulfonamides is 1. The maximum absolute atomic E-state index is 12.4. The maximum atomic E-state index is 12.4. The van der Waals surface area contributed by atoms with E-state index in [-0.39, 0.29) is 5.41 Å². The first-order chi connectivity index (χ1) is 9.86. The van der Waals surface area contributed by atoms with Crippen LogP contribution in [-0.4, -0.2) is 15.0 Å². The Hall–Kier alpha value is -0.910. The van der Waals surface area contributed by atoms with Crippen molar-refractivity contribution in [2.45, 2.75) is 57.4 Å². The average Bonchev–Trinajstić information content (AvgIpc) is 2.46. The molecule has 4 nitrogen and oxygen atoms in total. The zero-order chi connectivity index (χ0) is 15.5. The molecule has 1 fully saturated rings. The second kappa shape index (κ2) is 6.46. The van der Waals surface area contributed by atoms with Crippen LogP contribution in [0.1, 0.15) is 50.2 Å². The molecule has 0 unspecified atom stereocenters. The van der Waals surface area contributed by atoms with Crippen LogP contribution < -0.4 is 10.5 Å². The lowest BCUT2D eigenvalue weighted by Gasteiger charge is -2.33. The molecule has 0 amide bonds. The average molecular weight is 310 g/mol. The second-order valence-corrected chi connectivity index (χ2v) is 8.26. The monoisotopic (exact) mass is 310 g/mol. The van der Waals surface area contributed by atoms with Crippen molar-refractivity contribution in [2.75, 3.05) is 6.54 Å². The Bertz CT molecular complexity index is 590. The minimum atomic E-state index is -3.44. The highest BCUT2D eigenvalue weighted by Crippen LogP contribution is 2.35. The molecule has 1 aromatic carbocycles. The van der Waals surface area contributed by atoms with E-state index in [1.165, 1.54) is 19.3 Å². The highest BCUT2D eigenvalue weighted by molar-refractivity contribution is 7.89.